The highest BCUT2D eigenvalue weighted by Crippen LogP contribution is 2.52. The monoisotopic (exact) mass is 702 g/mol. The first-order chi connectivity index (χ1) is 24.1. The van der Waals surface area contributed by atoms with Crippen LogP contribution in [-0.2, 0) is 9.31 Å². The SMILES string of the molecule is C.C.CC(C)c1cc2c3cc4c(C(C)C)c5c6cccc7cccc(c5c(C(C)C)c4cc3c3c(C(C)C)ccc(c1B1OC(C)(C)C(C)(C)O1)c23)c76. The van der Waals surface area contributed by atoms with Crippen LogP contribution in [-0.4, -0.2) is 18.3 Å². The van der Waals surface area contributed by atoms with Gasteiger partial charge in [-0.15, -0.1) is 0 Å². The van der Waals surface area contributed by atoms with Gasteiger partial charge in [0, 0.05) is 0 Å². The van der Waals surface area contributed by atoms with Crippen LogP contribution < -0.4 is 5.46 Å². The third-order valence-electron chi connectivity index (χ3n) is 12.8. The zero-order valence-electron chi connectivity index (χ0n) is 32.6. The minimum absolute atomic E-state index is 0. The maximum Gasteiger partial charge on any atom is 0.495 e. The maximum absolute atomic E-state index is 6.83. The van der Waals surface area contributed by atoms with Crippen molar-refractivity contribution in [1.29, 1.82) is 0 Å². The lowest BCUT2D eigenvalue weighted by atomic mass is 9.70. The van der Waals surface area contributed by atoms with Gasteiger partial charge in [-0.2, -0.15) is 0 Å². The van der Waals surface area contributed by atoms with Crippen LogP contribution >= 0.6 is 0 Å². The quantitative estimate of drug-likeness (QED) is 0.166. The lowest BCUT2D eigenvalue weighted by Crippen LogP contribution is -2.41. The number of fused-ring (bicyclic) bond motifs is 7. The van der Waals surface area contributed by atoms with E-state index in [-0.39, 0.29) is 14.9 Å². The fourth-order valence-corrected chi connectivity index (χ4v) is 9.80. The zero-order valence-corrected chi connectivity index (χ0v) is 32.6. The molecule has 9 rings (SSSR count). The summed E-state index contributed by atoms with van der Waals surface area (Å²) in [6.45, 7) is 27.5. The second kappa shape index (κ2) is 12.3. The second-order valence-corrected chi connectivity index (χ2v) is 17.8. The van der Waals surface area contributed by atoms with E-state index in [9.17, 15) is 0 Å². The molecule has 0 unspecified atom stereocenters. The summed E-state index contributed by atoms with van der Waals surface area (Å²) >= 11 is 0. The van der Waals surface area contributed by atoms with Gasteiger partial charge in [0.2, 0.25) is 0 Å². The lowest BCUT2D eigenvalue weighted by Gasteiger charge is -2.32. The molecule has 1 fully saturated rings. The van der Waals surface area contributed by atoms with E-state index in [2.05, 4.69) is 150 Å². The molecule has 0 spiro atoms. The van der Waals surface area contributed by atoms with Crippen molar-refractivity contribution in [3.8, 4) is 0 Å². The van der Waals surface area contributed by atoms with Gasteiger partial charge in [-0.05, 0) is 167 Å². The largest absolute Gasteiger partial charge is 0.495 e. The summed E-state index contributed by atoms with van der Waals surface area (Å²) in [5, 5.41) is 19.4. The highest BCUT2D eigenvalue weighted by atomic mass is 16.7. The smallest absolute Gasteiger partial charge is 0.399 e. The molecule has 0 N–H and O–H groups in total. The molecule has 53 heavy (non-hydrogen) atoms. The molecule has 0 saturated carbocycles. The van der Waals surface area contributed by atoms with Gasteiger partial charge in [0.1, 0.15) is 0 Å². The van der Waals surface area contributed by atoms with Gasteiger partial charge < -0.3 is 9.31 Å². The van der Waals surface area contributed by atoms with E-state index in [0.29, 0.717) is 23.7 Å². The van der Waals surface area contributed by atoms with Crippen molar-refractivity contribution in [2.75, 3.05) is 0 Å². The third kappa shape index (κ3) is 4.92. The third-order valence-corrected chi connectivity index (χ3v) is 12.8. The van der Waals surface area contributed by atoms with Gasteiger partial charge in [-0.3, -0.25) is 0 Å². The molecule has 0 bridgehead atoms. The summed E-state index contributed by atoms with van der Waals surface area (Å²) in [5.41, 5.74) is 6.05. The number of hydrogen-bond donors (Lipinski definition) is 0. The van der Waals surface area contributed by atoms with E-state index in [0.717, 1.165) is 0 Å². The van der Waals surface area contributed by atoms with Gasteiger partial charge in [0.15, 0.2) is 0 Å². The lowest BCUT2D eigenvalue weighted by molar-refractivity contribution is 0.00578. The molecular weight excluding hydrogens is 643 g/mol. The van der Waals surface area contributed by atoms with Gasteiger partial charge in [0.05, 0.1) is 11.2 Å². The van der Waals surface area contributed by atoms with Gasteiger partial charge in [-0.1, -0.05) is 125 Å². The number of rotatable bonds is 5. The molecule has 0 radical (unpaired) electrons. The Kier molecular flexibility index (Phi) is 8.68. The van der Waals surface area contributed by atoms with E-state index in [1.54, 1.807) is 0 Å². The van der Waals surface area contributed by atoms with E-state index in [1.165, 1.54) is 103 Å². The van der Waals surface area contributed by atoms with Gasteiger partial charge >= 0.3 is 7.12 Å². The predicted octanol–water partition coefficient (Wildman–Crippen LogP) is 14.7. The predicted molar refractivity (Wildman–Crippen MR) is 237 cm³/mol. The molecule has 0 amide bonds. The molecule has 1 saturated heterocycles. The average molecular weight is 703 g/mol. The summed E-state index contributed by atoms with van der Waals surface area (Å²) in [6, 6.07) is 26.2. The van der Waals surface area contributed by atoms with Crippen LogP contribution in [0.5, 0.6) is 0 Å². The molecule has 1 aliphatic heterocycles. The average Bonchev–Trinajstić information content (AvgIpc) is 3.63. The highest BCUT2D eigenvalue weighted by Gasteiger charge is 2.53. The fourth-order valence-electron chi connectivity index (χ4n) is 9.80. The van der Waals surface area contributed by atoms with E-state index >= 15 is 0 Å². The van der Waals surface area contributed by atoms with Crippen LogP contribution in [0.15, 0.2) is 66.7 Å². The van der Waals surface area contributed by atoms with Crippen molar-refractivity contribution in [2.45, 2.75) is 133 Å². The van der Waals surface area contributed by atoms with Crippen LogP contribution in [0.3, 0.4) is 0 Å². The molecule has 2 nitrogen and oxygen atoms in total. The molecule has 8 aromatic rings. The summed E-state index contributed by atoms with van der Waals surface area (Å²) in [6.07, 6.45) is 0. The van der Waals surface area contributed by atoms with Gasteiger partial charge in [-0.25, -0.2) is 0 Å². The minimum atomic E-state index is -0.423. The Hall–Kier alpha value is -3.92. The molecule has 3 heteroatoms. The van der Waals surface area contributed by atoms with Crippen molar-refractivity contribution in [2.24, 2.45) is 0 Å². The van der Waals surface area contributed by atoms with Gasteiger partial charge in [0.25, 0.3) is 0 Å². The molecule has 1 aliphatic rings. The van der Waals surface area contributed by atoms with Crippen molar-refractivity contribution >= 4 is 88.0 Å². The molecular formula is C50H59BO2. The Morgan fingerprint density at radius 3 is 1.42 bits per heavy atom. The van der Waals surface area contributed by atoms with Crippen molar-refractivity contribution in [1.82, 2.24) is 0 Å². The summed E-state index contributed by atoms with van der Waals surface area (Å²) < 4.78 is 13.7. The number of benzene rings is 6. The zero-order chi connectivity index (χ0) is 36.0. The topological polar surface area (TPSA) is 18.5 Å². The van der Waals surface area contributed by atoms with E-state index in [4.69, 9.17) is 9.31 Å². The molecule has 8 aromatic carbocycles. The first-order valence-corrected chi connectivity index (χ1v) is 19.3. The second-order valence-electron chi connectivity index (χ2n) is 17.8. The van der Waals surface area contributed by atoms with Crippen LogP contribution in [0.25, 0.3) is 75.4 Å². The standard InChI is InChI=1S/C48H51BO2.2CH4/c1-24(2)29-19-20-32-43-35(21-33(25(3)4)46(32)49-50-47(9,10)48(11,12)51-49)34-22-37-38(23-36(34)42(29)43)40(27(7)8)45-31-18-14-16-28-15-13-17-30(41(28)31)44(45)39(37)26(5)6;;/h13-27H,1-12H3;2*1H4. The molecule has 0 atom stereocenters. The molecule has 0 aliphatic carbocycles. The maximum atomic E-state index is 6.83. The summed E-state index contributed by atoms with van der Waals surface area (Å²) in [5.74, 6) is 1.40. The van der Waals surface area contributed by atoms with Crippen molar-refractivity contribution < 1.29 is 9.31 Å². The fraction of sp³-hybridized carbons (Fsp3) is 0.400. The van der Waals surface area contributed by atoms with E-state index in [1.807, 2.05) is 0 Å². The molecule has 0 aromatic heterocycles. The Morgan fingerprint density at radius 2 is 0.925 bits per heavy atom. The Bertz CT molecular complexity index is 2690. The van der Waals surface area contributed by atoms with Crippen LogP contribution in [0.4, 0.5) is 0 Å². The minimum Gasteiger partial charge on any atom is -0.399 e. The van der Waals surface area contributed by atoms with Crippen molar-refractivity contribution in [3.63, 3.8) is 0 Å². The Balaban J connectivity index is 0.00000218. The molecule has 274 valence electrons. The van der Waals surface area contributed by atoms with Crippen molar-refractivity contribution in [3.05, 3.63) is 89.0 Å². The number of hydrogen-bond acceptors (Lipinski definition) is 2. The Morgan fingerprint density at radius 1 is 0.434 bits per heavy atom. The van der Waals surface area contributed by atoms with Crippen LogP contribution in [0.1, 0.15) is 144 Å². The summed E-state index contributed by atoms with van der Waals surface area (Å²) in [7, 11) is -0.423. The Labute approximate surface area is 318 Å². The summed E-state index contributed by atoms with van der Waals surface area (Å²) in [4.78, 5) is 0. The first kappa shape index (κ1) is 37.4. The molecule has 1 heterocycles. The van der Waals surface area contributed by atoms with Crippen LogP contribution in [0.2, 0.25) is 0 Å². The normalized spacial score (nSPS) is 16.0. The van der Waals surface area contributed by atoms with E-state index < -0.39 is 18.3 Å². The highest BCUT2D eigenvalue weighted by molar-refractivity contribution is 6.66. The van der Waals surface area contributed by atoms with Crippen LogP contribution in [0, 0.1) is 0 Å². The first-order valence-electron chi connectivity index (χ1n) is 19.3.